The van der Waals surface area contributed by atoms with Crippen molar-refractivity contribution in [3.05, 3.63) is 74.2 Å². The second-order valence-corrected chi connectivity index (χ2v) is 4.94. The number of benzene rings is 2. The topological polar surface area (TPSA) is 72.2 Å². The van der Waals surface area contributed by atoms with Crippen LogP contribution in [0.5, 0.6) is 0 Å². The molecule has 2 rings (SSSR count). The third-order valence-electron chi connectivity index (χ3n) is 2.72. The van der Waals surface area contributed by atoms with Crippen LogP contribution in [0.15, 0.2) is 53.0 Å². The second-order valence-electron chi connectivity index (χ2n) is 4.09. The highest BCUT2D eigenvalue weighted by Gasteiger charge is 2.09. The zero-order valence-corrected chi connectivity index (χ0v) is 12.0. The van der Waals surface area contributed by atoms with Gasteiger partial charge in [0.25, 0.3) is 11.6 Å². The van der Waals surface area contributed by atoms with Gasteiger partial charge in [-0.2, -0.15) is 0 Å². The van der Waals surface area contributed by atoms with Gasteiger partial charge >= 0.3 is 0 Å². The van der Waals surface area contributed by atoms with Gasteiger partial charge in [0.2, 0.25) is 0 Å². The predicted octanol–water partition coefficient (Wildman–Crippen LogP) is 3.29. The summed E-state index contributed by atoms with van der Waals surface area (Å²) in [5.74, 6) is -0.198. The van der Waals surface area contributed by atoms with E-state index in [1.165, 1.54) is 12.1 Å². The molecule has 0 aliphatic carbocycles. The molecule has 20 heavy (non-hydrogen) atoms. The highest BCUT2D eigenvalue weighted by molar-refractivity contribution is 9.10. The molecule has 0 saturated heterocycles. The molecule has 0 aromatic heterocycles. The first-order valence-electron chi connectivity index (χ1n) is 5.84. The van der Waals surface area contributed by atoms with Crippen molar-refractivity contribution >= 4 is 27.5 Å². The van der Waals surface area contributed by atoms with Crippen LogP contribution in [0.4, 0.5) is 5.69 Å². The molecule has 0 unspecified atom stereocenters. The maximum Gasteiger partial charge on any atom is 0.269 e. The van der Waals surface area contributed by atoms with Gasteiger partial charge in [0, 0.05) is 23.2 Å². The van der Waals surface area contributed by atoms with Gasteiger partial charge in [-0.05, 0) is 33.6 Å². The fourth-order valence-corrected chi connectivity index (χ4v) is 2.12. The summed E-state index contributed by atoms with van der Waals surface area (Å²) >= 11 is 3.31. The number of nitrogens with zero attached hydrogens (tertiary/aromatic N) is 1. The van der Waals surface area contributed by atoms with Gasteiger partial charge in [-0.25, -0.2) is 0 Å². The van der Waals surface area contributed by atoms with Crippen LogP contribution in [-0.2, 0) is 6.54 Å². The molecule has 102 valence electrons. The first kappa shape index (κ1) is 14.2. The highest BCUT2D eigenvalue weighted by atomic mass is 79.9. The number of hydrogen-bond acceptors (Lipinski definition) is 3. The Bertz CT molecular complexity index is 641. The molecule has 0 fully saturated rings. The quantitative estimate of drug-likeness (QED) is 0.688. The summed E-state index contributed by atoms with van der Waals surface area (Å²) in [6.45, 7) is 0.318. The van der Waals surface area contributed by atoms with Crippen molar-refractivity contribution in [1.82, 2.24) is 5.32 Å². The molecular weight excluding hydrogens is 324 g/mol. The van der Waals surface area contributed by atoms with E-state index < -0.39 is 4.92 Å². The number of carbonyl (C=O) groups excluding carboxylic acids is 1. The van der Waals surface area contributed by atoms with Crippen LogP contribution in [-0.4, -0.2) is 10.8 Å². The minimum absolute atomic E-state index is 0.0332. The molecule has 0 spiro atoms. The maximum atomic E-state index is 12.0. The van der Waals surface area contributed by atoms with Crippen molar-refractivity contribution in [1.29, 1.82) is 0 Å². The third kappa shape index (κ3) is 3.42. The number of carbonyl (C=O) groups is 1. The number of hydrogen-bond donors (Lipinski definition) is 1. The molecule has 0 aliphatic heterocycles. The fourth-order valence-electron chi connectivity index (χ4n) is 1.66. The van der Waals surface area contributed by atoms with E-state index in [-0.39, 0.29) is 11.6 Å². The van der Waals surface area contributed by atoms with E-state index in [0.717, 1.165) is 10.0 Å². The van der Waals surface area contributed by atoms with Crippen LogP contribution in [0.3, 0.4) is 0 Å². The van der Waals surface area contributed by atoms with Crippen molar-refractivity contribution < 1.29 is 9.72 Å². The van der Waals surface area contributed by atoms with Crippen molar-refractivity contribution in [2.75, 3.05) is 0 Å². The minimum atomic E-state index is -0.455. The zero-order valence-electron chi connectivity index (χ0n) is 10.4. The summed E-state index contributed by atoms with van der Waals surface area (Å²) in [5.41, 5.74) is 1.39. The summed E-state index contributed by atoms with van der Waals surface area (Å²) in [5, 5.41) is 13.3. The molecular formula is C14H11BrN2O3. The number of nitro benzene ring substituents is 1. The Morgan fingerprint density at radius 2 is 1.80 bits per heavy atom. The largest absolute Gasteiger partial charge is 0.348 e. The molecule has 1 amide bonds. The molecule has 0 radical (unpaired) electrons. The van der Waals surface area contributed by atoms with Crippen molar-refractivity contribution in [2.45, 2.75) is 6.54 Å². The number of amides is 1. The van der Waals surface area contributed by atoms with E-state index in [9.17, 15) is 14.9 Å². The summed E-state index contributed by atoms with van der Waals surface area (Å²) in [7, 11) is 0. The highest BCUT2D eigenvalue weighted by Crippen LogP contribution is 2.16. The van der Waals surface area contributed by atoms with Crippen LogP contribution >= 0.6 is 15.9 Å². The van der Waals surface area contributed by atoms with Crippen LogP contribution < -0.4 is 5.32 Å². The van der Waals surface area contributed by atoms with Crippen LogP contribution in [0.2, 0.25) is 0 Å². The Morgan fingerprint density at radius 1 is 1.15 bits per heavy atom. The zero-order chi connectivity index (χ0) is 14.5. The third-order valence-corrected chi connectivity index (χ3v) is 3.41. The van der Waals surface area contributed by atoms with E-state index in [4.69, 9.17) is 0 Å². The number of non-ortho nitro benzene ring substituents is 1. The molecule has 0 heterocycles. The van der Waals surface area contributed by atoms with Gasteiger partial charge in [0.1, 0.15) is 0 Å². The lowest BCUT2D eigenvalue weighted by Crippen LogP contribution is -2.23. The van der Waals surface area contributed by atoms with E-state index in [2.05, 4.69) is 21.2 Å². The van der Waals surface area contributed by atoms with E-state index in [0.29, 0.717) is 12.1 Å². The van der Waals surface area contributed by atoms with Gasteiger partial charge in [0.15, 0.2) is 0 Å². The lowest BCUT2D eigenvalue weighted by molar-refractivity contribution is -0.384. The Hall–Kier alpha value is -2.21. The molecule has 0 saturated carbocycles. The summed E-state index contributed by atoms with van der Waals surface area (Å²) in [6, 6.07) is 13.2. The SMILES string of the molecule is O=C(NCc1ccc([N+](=O)[O-])cc1)c1ccccc1Br. The normalized spacial score (nSPS) is 10.1. The Labute approximate surface area is 123 Å². The lowest BCUT2D eigenvalue weighted by Gasteiger charge is -2.06. The molecule has 0 atom stereocenters. The number of nitrogens with one attached hydrogen (secondary N) is 1. The van der Waals surface area contributed by atoms with Crippen molar-refractivity contribution in [3.63, 3.8) is 0 Å². The van der Waals surface area contributed by atoms with Crippen LogP contribution in [0, 0.1) is 10.1 Å². The van der Waals surface area contributed by atoms with Gasteiger partial charge in [-0.3, -0.25) is 14.9 Å². The second kappa shape index (κ2) is 6.29. The maximum absolute atomic E-state index is 12.0. The molecule has 1 N–H and O–H groups in total. The van der Waals surface area contributed by atoms with E-state index in [1.807, 2.05) is 6.07 Å². The van der Waals surface area contributed by atoms with Gasteiger partial charge in [0.05, 0.1) is 10.5 Å². The molecule has 2 aromatic rings. The van der Waals surface area contributed by atoms with Crippen LogP contribution in [0.1, 0.15) is 15.9 Å². The molecule has 6 heteroatoms. The molecule has 2 aromatic carbocycles. The Balaban J connectivity index is 2.00. The average Bonchev–Trinajstić information content (AvgIpc) is 2.45. The van der Waals surface area contributed by atoms with Gasteiger partial charge < -0.3 is 5.32 Å². The smallest absolute Gasteiger partial charge is 0.269 e. The number of rotatable bonds is 4. The van der Waals surface area contributed by atoms with Gasteiger partial charge in [-0.15, -0.1) is 0 Å². The standard InChI is InChI=1S/C14H11BrN2O3/c15-13-4-2-1-3-12(13)14(18)16-9-10-5-7-11(8-6-10)17(19)20/h1-8H,9H2,(H,16,18). The van der Waals surface area contributed by atoms with Crippen molar-refractivity contribution in [2.24, 2.45) is 0 Å². The van der Waals surface area contributed by atoms with E-state index in [1.54, 1.807) is 30.3 Å². The van der Waals surface area contributed by atoms with Crippen LogP contribution in [0.25, 0.3) is 0 Å². The first-order valence-corrected chi connectivity index (χ1v) is 6.63. The van der Waals surface area contributed by atoms with Gasteiger partial charge in [-0.1, -0.05) is 24.3 Å². The van der Waals surface area contributed by atoms with E-state index >= 15 is 0 Å². The number of nitro groups is 1. The molecule has 5 nitrogen and oxygen atoms in total. The molecule has 0 aliphatic rings. The predicted molar refractivity (Wildman–Crippen MR) is 78.4 cm³/mol. The first-order chi connectivity index (χ1) is 9.58. The monoisotopic (exact) mass is 334 g/mol. The van der Waals surface area contributed by atoms with Crippen molar-refractivity contribution in [3.8, 4) is 0 Å². The summed E-state index contributed by atoms with van der Waals surface area (Å²) < 4.78 is 0.723. The Kier molecular flexibility index (Phi) is 4.47. The molecule has 0 bridgehead atoms. The average molecular weight is 335 g/mol. The minimum Gasteiger partial charge on any atom is -0.348 e. The summed E-state index contributed by atoms with van der Waals surface area (Å²) in [6.07, 6.45) is 0. The number of halogens is 1. The Morgan fingerprint density at radius 3 is 2.40 bits per heavy atom. The fraction of sp³-hybridized carbons (Fsp3) is 0.0714. The summed E-state index contributed by atoms with van der Waals surface area (Å²) in [4.78, 5) is 22.0. The lowest BCUT2D eigenvalue weighted by atomic mass is 10.2.